The van der Waals surface area contributed by atoms with Crippen molar-refractivity contribution in [3.63, 3.8) is 0 Å². The summed E-state index contributed by atoms with van der Waals surface area (Å²) in [6.45, 7) is 5.40. The number of aromatic nitrogens is 3. The Morgan fingerprint density at radius 1 is 1.06 bits per heavy atom. The number of hydrogen-bond acceptors (Lipinski definition) is 3. The number of rotatable bonds is 2. The third-order valence-electron chi connectivity index (χ3n) is 6.57. The first-order valence-corrected chi connectivity index (χ1v) is 10.8. The van der Waals surface area contributed by atoms with E-state index in [1.165, 1.54) is 23.4 Å². The number of imidazole rings is 1. The molecular weight excluding hydrogens is 382 g/mol. The Kier molecular flexibility index (Phi) is 4.00. The normalized spacial score (nSPS) is 16.9. The summed E-state index contributed by atoms with van der Waals surface area (Å²) in [5, 5.41) is 9.09. The zero-order valence-electron chi connectivity index (χ0n) is 17.5. The van der Waals surface area contributed by atoms with Gasteiger partial charge in [-0.2, -0.15) is 5.26 Å². The molecule has 0 radical (unpaired) electrons. The lowest BCUT2D eigenvalue weighted by Crippen LogP contribution is -2.19. The molecular formula is C26H23N5. The number of fused-ring (bicyclic) bond motifs is 5. The number of nitrogens with zero attached hydrogens (tertiary/aromatic N) is 5. The average molecular weight is 406 g/mol. The molecule has 0 unspecified atom stereocenters. The van der Waals surface area contributed by atoms with Crippen molar-refractivity contribution in [2.24, 2.45) is 5.92 Å². The van der Waals surface area contributed by atoms with Gasteiger partial charge in [0.25, 0.3) is 0 Å². The topological polar surface area (TPSA) is 49.8 Å². The molecule has 5 nitrogen and oxygen atoms in total. The number of hydrogen-bond donors (Lipinski definition) is 0. The third-order valence-corrected chi connectivity index (χ3v) is 6.57. The molecule has 2 aromatic carbocycles. The van der Waals surface area contributed by atoms with Crippen LogP contribution in [-0.2, 0) is 6.54 Å². The van der Waals surface area contributed by atoms with E-state index in [1.807, 2.05) is 30.5 Å². The molecule has 0 spiro atoms. The minimum absolute atomic E-state index is 0.678. The highest BCUT2D eigenvalue weighted by Crippen LogP contribution is 2.36. The Morgan fingerprint density at radius 2 is 1.94 bits per heavy atom. The molecule has 0 aliphatic carbocycles. The molecule has 31 heavy (non-hydrogen) atoms. The van der Waals surface area contributed by atoms with Crippen LogP contribution in [0.25, 0.3) is 28.3 Å². The number of nitriles is 1. The van der Waals surface area contributed by atoms with E-state index in [1.54, 1.807) is 0 Å². The monoisotopic (exact) mass is 405 g/mol. The van der Waals surface area contributed by atoms with Gasteiger partial charge in [0.05, 0.1) is 23.0 Å². The molecule has 0 amide bonds. The van der Waals surface area contributed by atoms with Gasteiger partial charge >= 0.3 is 0 Å². The van der Waals surface area contributed by atoms with E-state index in [0.29, 0.717) is 5.56 Å². The summed E-state index contributed by atoms with van der Waals surface area (Å²) in [6.07, 6.45) is 7.39. The molecule has 2 aromatic heterocycles. The van der Waals surface area contributed by atoms with Crippen molar-refractivity contribution in [2.45, 2.75) is 19.9 Å². The lowest BCUT2D eigenvalue weighted by atomic mass is 10.1. The van der Waals surface area contributed by atoms with E-state index in [0.717, 1.165) is 48.2 Å². The Hall–Kier alpha value is -3.78. The predicted octanol–water partition coefficient (Wildman–Crippen LogP) is 5.09. The van der Waals surface area contributed by atoms with Crippen LogP contribution in [0.1, 0.15) is 24.5 Å². The van der Waals surface area contributed by atoms with Crippen LogP contribution in [0, 0.1) is 17.2 Å². The fourth-order valence-electron chi connectivity index (χ4n) is 4.89. The summed E-state index contributed by atoms with van der Waals surface area (Å²) in [5.41, 5.74) is 7.85. The Bertz CT molecular complexity index is 1320. The van der Waals surface area contributed by atoms with E-state index in [4.69, 9.17) is 5.26 Å². The molecule has 2 aliphatic heterocycles. The maximum atomic E-state index is 9.09. The first-order chi connectivity index (χ1) is 15.2. The largest absolute Gasteiger partial charge is 0.371 e. The molecule has 0 bridgehead atoms. The van der Waals surface area contributed by atoms with Gasteiger partial charge in [-0.1, -0.05) is 19.1 Å². The highest BCUT2D eigenvalue weighted by molar-refractivity contribution is 5.72. The van der Waals surface area contributed by atoms with Gasteiger partial charge in [-0.05, 0) is 59.9 Å². The number of benzene rings is 2. The predicted molar refractivity (Wildman–Crippen MR) is 122 cm³/mol. The van der Waals surface area contributed by atoms with E-state index in [2.05, 4.69) is 68.7 Å². The lowest BCUT2D eigenvalue weighted by Gasteiger charge is -2.20. The highest BCUT2D eigenvalue weighted by Gasteiger charge is 2.24. The van der Waals surface area contributed by atoms with Crippen molar-refractivity contribution < 1.29 is 0 Å². The second-order valence-corrected chi connectivity index (χ2v) is 8.70. The summed E-state index contributed by atoms with van der Waals surface area (Å²) < 4.78 is 4.50. The molecule has 1 fully saturated rings. The lowest BCUT2D eigenvalue weighted by molar-refractivity contribution is 0.659. The van der Waals surface area contributed by atoms with E-state index >= 15 is 0 Å². The molecule has 4 heterocycles. The Balaban J connectivity index is 1.44. The molecule has 6 rings (SSSR count). The zero-order chi connectivity index (χ0) is 20.9. The first-order valence-electron chi connectivity index (χ1n) is 10.8. The van der Waals surface area contributed by atoms with Gasteiger partial charge in [0.15, 0.2) is 5.82 Å². The summed E-state index contributed by atoms with van der Waals surface area (Å²) in [6, 6.07) is 19.0. The molecule has 0 N–H and O–H groups in total. The molecule has 4 aromatic rings. The molecule has 152 valence electrons. The molecule has 0 saturated carbocycles. The smallest absolute Gasteiger partial charge is 0.161 e. The Morgan fingerprint density at radius 3 is 2.71 bits per heavy atom. The zero-order valence-corrected chi connectivity index (χ0v) is 17.5. The summed E-state index contributed by atoms with van der Waals surface area (Å²) >= 11 is 0. The van der Waals surface area contributed by atoms with Crippen LogP contribution in [0.2, 0.25) is 0 Å². The van der Waals surface area contributed by atoms with Crippen molar-refractivity contribution in [1.29, 1.82) is 5.26 Å². The fourth-order valence-corrected chi connectivity index (χ4v) is 4.89. The van der Waals surface area contributed by atoms with Crippen LogP contribution < -0.4 is 4.90 Å². The first kappa shape index (κ1) is 18.0. The van der Waals surface area contributed by atoms with Crippen LogP contribution in [0.5, 0.6) is 0 Å². The number of anilines is 1. The maximum Gasteiger partial charge on any atom is 0.161 e. The summed E-state index contributed by atoms with van der Waals surface area (Å²) in [5.74, 6) is 1.71. The van der Waals surface area contributed by atoms with Gasteiger partial charge < -0.3 is 9.47 Å². The Labute approximate surface area is 181 Å². The van der Waals surface area contributed by atoms with Crippen molar-refractivity contribution in [3.05, 3.63) is 78.2 Å². The van der Waals surface area contributed by atoms with Crippen LogP contribution in [0.3, 0.4) is 0 Å². The quantitative estimate of drug-likeness (QED) is 0.411. The molecule has 2 aliphatic rings. The molecule has 1 atom stereocenters. The van der Waals surface area contributed by atoms with Crippen molar-refractivity contribution in [1.82, 2.24) is 14.1 Å². The second kappa shape index (κ2) is 6.88. The molecule has 1 saturated heterocycles. The fraction of sp³-hybridized carbons (Fsp3) is 0.231. The van der Waals surface area contributed by atoms with E-state index in [-0.39, 0.29) is 0 Å². The van der Waals surface area contributed by atoms with E-state index < -0.39 is 0 Å². The average Bonchev–Trinajstić information content (AvgIpc) is 3.52. The van der Waals surface area contributed by atoms with Crippen molar-refractivity contribution in [3.8, 4) is 34.4 Å². The van der Waals surface area contributed by atoms with Crippen molar-refractivity contribution >= 4 is 5.69 Å². The standard InChI is InChI=1S/C26H23N5/c1-18-8-10-29(15-18)23-6-7-24-22(12-23)17-30-16-21(20-4-2-19(14-27)3-5-20)13-25(30)26-28-9-11-31(24)26/h2-7,9,11-13,16,18H,8,10,15,17H2,1H3/t18-/m1/s1. The second-order valence-electron chi connectivity index (χ2n) is 8.70. The summed E-state index contributed by atoms with van der Waals surface area (Å²) in [7, 11) is 0. The van der Waals surface area contributed by atoms with Crippen molar-refractivity contribution in [2.75, 3.05) is 18.0 Å². The van der Waals surface area contributed by atoms with Gasteiger partial charge in [0.2, 0.25) is 0 Å². The van der Waals surface area contributed by atoms with Crippen LogP contribution in [-0.4, -0.2) is 27.2 Å². The minimum Gasteiger partial charge on any atom is -0.371 e. The van der Waals surface area contributed by atoms with E-state index in [9.17, 15) is 0 Å². The highest BCUT2D eigenvalue weighted by atomic mass is 15.2. The maximum absolute atomic E-state index is 9.09. The van der Waals surface area contributed by atoms with Gasteiger partial charge in [0.1, 0.15) is 0 Å². The van der Waals surface area contributed by atoms with Gasteiger partial charge in [-0.15, -0.1) is 0 Å². The third kappa shape index (κ3) is 2.95. The van der Waals surface area contributed by atoms with Crippen LogP contribution >= 0.6 is 0 Å². The summed E-state index contributed by atoms with van der Waals surface area (Å²) in [4.78, 5) is 7.19. The SMILES string of the molecule is C[C@@H]1CCN(c2ccc3c(c2)Cn2cc(-c4ccc(C#N)cc4)cc2-c2nccn2-3)C1. The van der Waals surface area contributed by atoms with Gasteiger partial charge in [-0.3, -0.25) is 4.57 Å². The van der Waals surface area contributed by atoms with Gasteiger partial charge in [0, 0.05) is 49.5 Å². The van der Waals surface area contributed by atoms with Crippen LogP contribution in [0.4, 0.5) is 5.69 Å². The molecule has 5 heteroatoms. The van der Waals surface area contributed by atoms with Gasteiger partial charge in [-0.25, -0.2) is 4.98 Å². The minimum atomic E-state index is 0.678. The van der Waals surface area contributed by atoms with Crippen LogP contribution in [0.15, 0.2) is 67.1 Å².